The highest BCUT2D eigenvalue weighted by Crippen LogP contribution is 2.42. The van der Waals surface area contributed by atoms with Crippen LogP contribution in [0.1, 0.15) is 99.6 Å². The average molecular weight is 1140 g/mol. The summed E-state index contributed by atoms with van der Waals surface area (Å²) in [7, 11) is 6.64. The van der Waals surface area contributed by atoms with Crippen molar-refractivity contribution in [2.45, 2.75) is 91.6 Å². The fraction of sp³-hybridized carbons (Fsp3) is 0.274. The van der Waals surface area contributed by atoms with E-state index >= 15 is 0 Å². The van der Waals surface area contributed by atoms with Gasteiger partial charge >= 0.3 is 6.09 Å². The Kier molecular flexibility index (Phi) is 20.6. The van der Waals surface area contributed by atoms with Crippen molar-refractivity contribution in [3.63, 3.8) is 0 Å². The molecular weight excluding hydrogens is 1060 g/mol. The van der Waals surface area contributed by atoms with Gasteiger partial charge in [-0.15, -0.1) is 0 Å². The van der Waals surface area contributed by atoms with Gasteiger partial charge in [-0.3, -0.25) is 4.90 Å². The maximum absolute atomic E-state index is 13.5. The minimum absolute atomic E-state index is 0.0565. The van der Waals surface area contributed by atoms with Gasteiger partial charge in [-0.25, -0.2) is 4.79 Å². The first-order valence-electron chi connectivity index (χ1n) is 28.8. The van der Waals surface area contributed by atoms with Gasteiger partial charge in [-0.2, -0.15) is 0 Å². The van der Waals surface area contributed by atoms with Crippen molar-refractivity contribution in [2.24, 2.45) is 0 Å². The van der Waals surface area contributed by atoms with Crippen LogP contribution >= 0.6 is 0 Å². The summed E-state index contributed by atoms with van der Waals surface area (Å²) >= 11 is 0. The maximum Gasteiger partial charge on any atom is 0.411 e. The van der Waals surface area contributed by atoms with Crippen LogP contribution in [-0.4, -0.2) is 58.1 Å². The molecule has 12 nitrogen and oxygen atoms in total. The maximum atomic E-state index is 13.5. The number of hydrogen-bond acceptors (Lipinski definition) is 11. The summed E-state index contributed by atoms with van der Waals surface area (Å²) in [5, 5.41) is 3.64. The van der Waals surface area contributed by atoms with E-state index in [9.17, 15) is 4.79 Å². The zero-order valence-corrected chi connectivity index (χ0v) is 50.3. The van der Waals surface area contributed by atoms with Gasteiger partial charge in [0.1, 0.15) is 32.0 Å². The molecule has 0 saturated carbocycles. The minimum atomic E-state index is -0.629. The molecule has 8 aromatic rings. The molecule has 85 heavy (non-hydrogen) atoms. The largest absolute Gasteiger partial charge is 0.493 e. The topological polar surface area (TPSA) is 115 Å². The number of rotatable bonds is 20. The summed E-state index contributed by atoms with van der Waals surface area (Å²) in [6.45, 7) is 13.0. The van der Waals surface area contributed by atoms with E-state index in [0.29, 0.717) is 62.4 Å². The molecule has 0 bridgehead atoms. The minimum Gasteiger partial charge on any atom is -0.493 e. The van der Waals surface area contributed by atoms with E-state index in [1.165, 1.54) is 11.1 Å². The van der Waals surface area contributed by atoms with Crippen molar-refractivity contribution >= 4 is 18.2 Å². The quantitative estimate of drug-likeness (QED) is 0.0786. The van der Waals surface area contributed by atoms with Crippen molar-refractivity contribution in [3.8, 4) is 46.0 Å². The number of carbonyl (C=O) groups excluding carboxylic acids is 1. The molecule has 0 aromatic heterocycles. The van der Waals surface area contributed by atoms with Crippen LogP contribution in [-0.2, 0) is 44.0 Å². The molecule has 2 atom stereocenters. The fourth-order valence-corrected chi connectivity index (χ4v) is 10.3. The molecule has 1 N–H and O–H groups in total. The summed E-state index contributed by atoms with van der Waals surface area (Å²) < 4.78 is 53.4. The Bertz CT molecular complexity index is 3550. The normalized spacial score (nSPS) is 14.5. The molecule has 0 aliphatic carbocycles. The number of benzene rings is 8. The smallest absolute Gasteiger partial charge is 0.411 e. The van der Waals surface area contributed by atoms with Crippen molar-refractivity contribution in [1.82, 2.24) is 10.2 Å². The lowest BCUT2D eigenvalue weighted by atomic mass is 9.91. The van der Waals surface area contributed by atoms with Gasteiger partial charge in [0.15, 0.2) is 46.0 Å². The first-order valence-corrected chi connectivity index (χ1v) is 28.8. The average Bonchev–Trinajstić information content (AvgIpc) is 3.38. The van der Waals surface area contributed by atoms with Crippen LogP contribution in [0.5, 0.6) is 46.0 Å². The van der Waals surface area contributed by atoms with Crippen LogP contribution in [0.3, 0.4) is 0 Å². The summed E-state index contributed by atoms with van der Waals surface area (Å²) in [5.74, 6) is 5.56. The van der Waals surface area contributed by atoms with E-state index in [-0.39, 0.29) is 12.1 Å². The van der Waals surface area contributed by atoms with Crippen LogP contribution in [0.4, 0.5) is 4.79 Å². The molecule has 2 aliphatic heterocycles. The summed E-state index contributed by atoms with van der Waals surface area (Å²) in [6, 6.07) is 56.3. The third kappa shape index (κ3) is 16.2. The van der Waals surface area contributed by atoms with Gasteiger partial charge < -0.3 is 47.9 Å². The molecule has 2 heterocycles. The number of hydrogen-bond donors (Lipinski definition) is 1. The summed E-state index contributed by atoms with van der Waals surface area (Å²) in [4.78, 5) is 15.3. The van der Waals surface area contributed by atoms with Crippen LogP contribution in [0.2, 0.25) is 0 Å². The van der Waals surface area contributed by atoms with Crippen molar-refractivity contribution in [3.05, 3.63) is 249 Å². The standard InChI is InChI=1S/C39H43NO6.C34H35NO4/c1-27-21-34(42-5)36(44-25-28-13-9-7-10-14-28)22-30(27)17-18-33-32-24-35(43-6)37(45-26-29-15-11-8-12-16-29)23-31(32)19-20-40(33)38(41)46-39(2,3)4;1-24-18-31(36-2)33(38-22-25-10-6-4-7-11-25)19-27(24)14-15-30-29-21-32(37-3)34(20-28(29)16-17-35-30)39-23-26-12-8-5-9-13-26/h7-18,21-24,33H,19-20,25-26H2,1-6H3;4-15,18-21,30,35H,16-17,22-23H2,1-3H3/b18-17+;15-14+. The monoisotopic (exact) mass is 1140 g/mol. The third-order valence-corrected chi connectivity index (χ3v) is 14.8. The Morgan fingerprint density at radius 3 is 1.27 bits per heavy atom. The Hall–Kier alpha value is -9.13. The lowest BCUT2D eigenvalue weighted by Gasteiger charge is -2.37. The van der Waals surface area contributed by atoms with Crippen molar-refractivity contribution < 1.29 is 47.4 Å². The Balaban J connectivity index is 0.000000206. The van der Waals surface area contributed by atoms with Crippen LogP contribution < -0.4 is 43.2 Å². The van der Waals surface area contributed by atoms with Gasteiger partial charge in [0.05, 0.1) is 40.5 Å². The Morgan fingerprint density at radius 2 is 0.859 bits per heavy atom. The number of nitrogens with one attached hydrogen (secondary N) is 1. The highest BCUT2D eigenvalue weighted by atomic mass is 16.6. The molecule has 0 radical (unpaired) electrons. The summed E-state index contributed by atoms with van der Waals surface area (Å²) in [5.41, 5.74) is 12.4. The number of carbonyl (C=O) groups is 1. The van der Waals surface area contributed by atoms with E-state index in [0.717, 1.165) is 91.6 Å². The van der Waals surface area contributed by atoms with Gasteiger partial charge in [-0.05, 0) is 163 Å². The van der Waals surface area contributed by atoms with Gasteiger partial charge in [0.2, 0.25) is 0 Å². The van der Waals surface area contributed by atoms with Gasteiger partial charge in [-0.1, -0.05) is 146 Å². The first kappa shape index (κ1) is 60.5. The number of fused-ring (bicyclic) bond motifs is 2. The van der Waals surface area contributed by atoms with Crippen LogP contribution in [0, 0.1) is 13.8 Å². The first-order chi connectivity index (χ1) is 41.3. The van der Waals surface area contributed by atoms with E-state index in [1.54, 1.807) is 33.3 Å². The molecular formula is C73H78N2O10. The lowest BCUT2D eigenvalue weighted by molar-refractivity contribution is 0.0185. The predicted octanol–water partition coefficient (Wildman–Crippen LogP) is 15.8. The molecule has 0 saturated heterocycles. The van der Waals surface area contributed by atoms with Crippen molar-refractivity contribution in [1.29, 1.82) is 0 Å². The molecule has 12 heteroatoms. The molecule has 8 aromatic carbocycles. The van der Waals surface area contributed by atoms with E-state index in [2.05, 4.69) is 66.9 Å². The number of methoxy groups -OCH3 is 4. The molecule has 0 spiro atoms. The van der Waals surface area contributed by atoms with Gasteiger partial charge in [0.25, 0.3) is 0 Å². The van der Waals surface area contributed by atoms with Crippen LogP contribution in [0.15, 0.2) is 182 Å². The molecule has 2 unspecified atom stereocenters. The highest BCUT2D eigenvalue weighted by molar-refractivity contribution is 5.72. The van der Waals surface area contributed by atoms with Crippen LogP contribution in [0.25, 0.3) is 12.2 Å². The lowest BCUT2D eigenvalue weighted by Crippen LogP contribution is -2.42. The predicted molar refractivity (Wildman–Crippen MR) is 336 cm³/mol. The molecule has 440 valence electrons. The number of nitrogens with zero attached hydrogens (tertiary/aromatic N) is 1. The molecule has 0 fully saturated rings. The fourth-order valence-electron chi connectivity index (χ4n) is 10.3. The molecule has 2 aliphatic rings. The highest BCUT2D eigenvalue weighted by Gasteiger charge is 2.34. The van der Waals surface area contributed by atoms with Crippen molar-refractivity contribution in [2.75, 3.05) is 41.5 Å². The number of aryl methyl sites for hydroxylation is 2. The zero-order chi connectivity index (χ0) is 59.7. The second kappa shape index (κ2) is 28.9. The van der Waals surface area contributed by atoms with E-state index in [4.69, 9.17) is 42.6 Å². The second-order valence-electron chi connectivity index (χ2n) is 22.0. The zero-order valence-electron chi connectivity index (χ0n) is 50.3. The van der Waals surface area contributed by atoms with E-state index in [1.807, 2.05) is 167 Å². The molecule has 10 rings (SSSR count). The number of amides is 1. The second-order valence-corrected chi connectivity index (χ2v) is 22.0. The SMILES string of the molecule is COc1cc(C)c(/C=C/C2NCCc3cc(OCc4ccccc4)c(OC)cc32)cc1OCc1ccccc1.COc1cc(C)c(/C=C/C2c3cc(OC)c(OCc4ccccc4)cc3CCN2C(=O)OC(C)(C)C)cc1OCc1ccccc1. The molecule has 1 amide bonds. The number of ether oxygens (including phenoxy) is 9. The summed E-state index contributed by atoms with van der Waals surface area (Å²) in [6.07, 6.45) is 9.67. The third-order valence-electron chi connectivity index (χ3n) is 14.8. The van der Waals surface area contributed by atoms with E-state index < -0.39 is 11.6 Å². The Labute approximate surface area is 501 Å². The Morgan fingerprint density at radius 1 is 0.482 bits per heavy atom. The van der Waals surface area contributed by atoms with Gasteiger partial charge in [0, 0.05) is 13.1 Å².